The van der Waals surface area contributed by atoms with E-state index < -0.39 is 0 Å². The van der Waals surface area contributed by atoms with Crippen molar-refractivity contribution >= 4 is 0 Å². The molecule has 0 aromatic carbocycles. The summed E-state index contributed by atoms with van der Waals surface area (Å²) in [7, 11) is 0. The zero-order valence-corrected chi connectivity index (χ0v) is 10.4. The van der Waals surface area contributed by atoms with Crippen LogP contribution >= 0.6 is 0 Å². The highest BCUT2D eigenvalue weighted by Crippen LogP contribution is 2.42. The fourth-order valence-electron chi connectivity index (χ4n) is 3.59. The van der Waals surface area contributed by atoms with Crippen LogP contribution in [-0.4, -0.2) is 16.7 Å². The molecule has 16 heavy (non-hydrogen) atoms. The zero-order chi connectivity index (χ0) is 11.2. The SMILES string of the molecule is Cc1ccc(C)n1[C@@H]1CCNC2(CCC2)C1. The number of nitrogens with zero attached hydrogens (tertiary/aromatic N) is 1. The van der Waals surface area contributed by atoms with Gasteiger partial charge in [0, 0.05) is 23.0 Å². The van der Waals surface area contributed by atoms with Gasteiger partial charge in [-0.1, -0.05) is 0 Å². The summed E-state index contributed by atoms with van der Waals surface area (Å²) in [5.41, 5.74) is 3.37. The van der Waals surface area contributed by atoms with E-state index in [-0.39, 0.29) is 0 Å². The number of hydrogen-bond donors (Lipinski definition) is 1. The van der Waals surface area contributed by atoms with Crippen LogP contribution in [0, 0.1) is 13.8 Å². The normalized spacial score (nSPS) is 28.0. The third-order valence-corrected chi connectivity index (χ3v) is 4.61. The Morgan fingerprint density at radius 1 is 1.25 bits per heavy atom. The van der Waals surface area contributed by atoms with E-state index in [1.807, 2.05) is 0 Å². The van der Waals surface area contributed by atoms with Crippen molar-refractivity contribution in [3.8, 4) is 0 Å². The third kappa shape index (κ3) is 1.51. The van der Waals surface area contributed by atoms with Gasteiger partial charge in [-0.3, -0.25) is 0 Å². The van der Waals surface area contributed by atoms with Gasteiger partial charge in [-0.15, -0.1) is 0 Å². The maximum absolute atomic E-state index is 3.75. The standard InChI is InChI=1S/C14H22N2/c1-11-4-5-12(2)16(11)13-6-9-15-14(10-13)7-3-8-14/h4-5,13,15H,3,6-10H2,1-2H3/t13-/m1/s1. The van der Waals surface area contributed by atoms with E-state index in [4.69, 9.17) is 0 Å². The minimum atomic E-state index is 0.506. The first-order valence-electron chi connectivity index (χ1n) is 6.60. The summed E-state index contributed by atoms with van der Waals surface area (Å²) in [6, 6.07) is 5.24. The zero-order valence-electron chi connectivity index (χ0n) is 10.4. The van der Waals surface area contributed by atoms with Gasteiger partial charge in [-0.25, -0.2) is 0 Å². The Labute approximate surface area is 98.0 Å². The maximum atomic E-state index is 3.75. The highest BCUT2D eigenvalue weighted by molar-refractivity contribution is 5.16. The van der Waals surface area contributed by atoms with Crippen LogP contribution in [0.1, 0.15) is 49.5 Å². The van der Waals surface area contributed by atoms with Gasteiger partial charge < -0.3 is 9.88 Å². The van der Waals surface area contributed by atoms with Crippen LogP contribution in [0.15, 0.2) is 12.1 Å². The predicted molar refractivity (Wildman–Crippen MR) is 66.8 cm³/mol. The maximum Gasteiger partial charge on any atom is 0.0365 e. The Kier molecular flexibility index (Phi) is 2.36. The summed E-state index contributed by atoms with van der Waals surface area (Å²) < 4.78 is 2.56. The number of hydrogen-bond acceptors (Lipinski definition) is 1. The van der Waals surface area contributed by atoms with Crippen molar-refractivity contribution in [3.05, 3.63) is 23.5 Å². The average Bonchev–Trinajstić information content (AvgIpc) is 2.57. The van der Waals surface area contributed by atoms with Crippen molar-refractivity contribution in [3.63, 3.8) is 0 Å². The van der Waals surface area contributed by atoms with Crippen LogP contribution in [0.2, 0.25) is 0 Å². The van der Waals surface area contributed by atoms with Crippen LogP contribution in [0.4, 0.5) is 0 Å². The summed E-state index contributed by atoms with van der Waals surface area (Å²) in [6.45, 7) is 5.67. The van der Waals surface area contributed by atoms with Crippen LogP contribution in [-0.2, 0) is 0 Å². The molecule has 1 aromatic rings. The van der Waals surface area contributed by atoms with Crippen molar-refractivity contribution in [1.82, 2.24) is 9.88 Å². The molecule has 88 valence electrons. The minimum Gasteiger partial charge on any atom is -0.346 e. The Balaban J connectivity index is 1.84. The molecule has 0 radical (unpaired) electrons. The van der Waals surface area contributed by atoms with Crippen LogP contribution < -0.4 is 5.32 Å². The molecule has 2 heterocycles. The van der Waals surface area contributed by atoms with Gasteiger partial charge in [-0.05, 0) is 64.6 Å². The summed E-state index contributed by atoms with van der Waals surface area (Å²) in [6.07, 6.45) is 6.83. The smallest absolute Gasteiger partial charge is 0.0365 e. The molecule has 1 atom stereocenters. The average molecular weight is 218 g/mol. The summed E-state index contributed by atoms with van der Waals surface area (Å²) >= 11 is 0. The van der Waals surface area contributed by atoms with Crippen LogP contribution in [0.5, 0.6) is 0 Å². The second-order valence-corrected chi connectivity index (χ2v) is 5.69. The molecule has 2 heteroatoms. The molecule has 2 nitrogen and oxygen atoms in total. The highest BCUT2D eigenvalue weighted by atomic mass is 15.1. The van der Waals surface area contributed by atoms with Gasteiger partial charge in [0.1, 0.15) is 0 Å². The quantitative estimate of drug-likeness (QED) is 0.767. The highest BCUT2D eigenvalue weighted by Gasteiger charge is 2.41. The molecular weight excluding hydrogens is 196 g/mol. The largest absolute Gasteiger partial charge is 0.346 e. The Morgan fingerprint density at radius 2 is 1.94 bits per heavy atom. The van der Waals surface area contributed by atoms with Gasteiger partial charge in [0.2, 0.25) is 0 Å². The first kappa shape index (κ1) is 10.4. The molecule has 1 spiro atoms. The summed E-state index contributed by atoms with van der Waals surface area (Å²) in [5, 5.41) is 3.75. The van der Waals surface area contributed by atoms with Gasteiger partial charge in [0.05, 0.1) is 0 Å². The molecule has 1 aliphatic carbocycles. The van der Waals surface area contributed by atoms with Gasteiger partial charge in [0.15, 0.2) is 0 Å². The van der Waals surface area contributed by atoms with E-state index in [1.165, 1.54) is 50.0 Å². The predicted octanol–water partition coefficient (Wildman–Crippen LogP) is 2.95. The Bertz CT molecular complexity index is 368. The number of aryl methyl sites for hydroxylation is 2. The number of aromatic nitrogens is 1. The van der Waals surface area contributed by atoms with E-state index in [2.05, 4.69) is 35.9 Å². The lowest BCUT2D eigenvalue weighted by atomic mass is 9.70. The molecule has 1 aromatic heterocycles. The molecule has 1 N–H and O–H groups in total. The lowest BCUT2D eigenvalue weighted by molar-refractivity contribution is 0.108. The molecule has 2 fully saturated rings. The first-order valence-corrected chi connectivity index (χ1v) is 6.60. The Morgan fingerprint density at radius 3 is 2.50 bits per heavy atom. The molecule has 0 unspecified atom stereocenters. The molecule has 2 aliphatic rings. The topological polar surface area (TPSA) is 17.0 Å². The van der Waals surface area contributed by atoms with Crippen molar-refractivity contribution in [2.45, 2.75) is 57.5 Å². The minimum absolute atomic E-state index is 0.506. The summed E-state index contributed by atoms with van der Waals surface area (Å²) in [4.78, 5) is 0. The van der Waals surface area contributed by atoms with Gasteiger partial charge in [0.25, 0.3) is 0 Å². The van der Waals surface area contributed by atoms with Crippen LogP contribution in [0.25, 0.3) is 0 Å². The third-order valence-electron chi connectivity index (χ3n) is 4.61. The van der Waals surface area contributed by atoms with E-state index >= 15 is 0 Å². The van der Waals surface area contributed by atoms with E-state index in [0.29, 0.717) is 5.54 Å². The van der Waals surface area contributed by atoms with E-state index in [9.17, 15) is 0 Å². The molecular formula is C14H22N2. The molecule has 1 saturated carbocycles. The van der Waals surface area contributed by atoms with E-state index in [1.54, 1.807) is 0 Å². The van der Waals surface area contributed by atoms with Crippen molar-refractivity contribution in [2.75, 3.05) is 6.54 Å². The Hall–Kier alpha value is -0.760. The lowest BCUT2D eigenvalue weighted by Crippen LogP contribution is -2.55. The van der Waals surface area contributed by atoms with Gasteiger partial charge >= 0.3 is 0 Å². The fraction of sp³-hybridized carbons (Fsp3) is 0.714. The summed E-state index contributed by atoms with van der Waals surface area (Å²) in [5.74, 6) is 0. The monoisotopic (exact) mass is 218 g/mol. The number of nitrogens with one attached hydrogen (secondary N) is 1. The second kappa shape index (κ2) is 3.63. The van der Waals surface area contributed by atoms with Crippen molar-refractivity contribution < 1.29 is 0 Å². The number of piperidine rings is 1. The molecule has 3 rings (SSSR count). The van der Waals surface area contributed by atoms with E-state index in [0.717, 1.165) is 6.04 Å². The van der Waals surface area contributed by atoms with Gasteiger partial charge in [-0.2, -0.15) is 0 Å². The molecule has 0 amide bonds. The lowest BCUT2D eigenvalue weighted by Gasteiger charge is -2.49. The molecule has 1 saturated heterocycles. The molecule has 0 bridgehead atoms. The van der Waals surface area contributed by atoms with Crippen molar-refractivity contribution in [2.24, 2.45) is 0 Å². The molecule has 1 aliphatic heterocycles. The van der Waals surface area contributed by atoms with Crippen LogP contribution in [0.3, 0.4) is 0 Å². The fourth-order valence-corrected chi connectivity index (χ4v) is 3.59. The second-order valence-electron chi connectivity index (χ2n) is 5.69. The first-order chi connectivity index (χ1) is 7.70. The van der Waals surface area contributed by atoms with Crippen molar-refractivity contribution in [1.29, 1.82) is 0 Å². The number of rotatable bonds is 1.